The van der Waals surface area contributed by atoms with Crippen LogP contribution in [-0.2, 0) is 11.2 Å². The van der Waals surface area contributed by atoms with Crippen molar-refractivity contribution in [1.29, 1.82) is 0 Å². The summed E-state index contributed by atoms with van der Waals surface area (Å²) in [5, 5.41) is 5.31. The van der Waals surface area contributed by atoms with Crippen molar-refractivity contribution in [3.05, 3.63) is 45.9 Å². The van der Waals surface area contributed by atoms with Crippen molar-refractivity contribution in [3.63, 3.8) is 0 Å². The van der Waals surface area contributed by atoms with Crippen LogP contribution in [0.25, 0.3) is 0 Å². The lowest BCUT2D eigenvalue weighted by molar-refractivity contribution is -0.115. The fraction of sp³-hybridized carbons (Fsp3) is 0.154. The number of benzene rings is 1. The number of aromatic nitrogens is 1. The van der Waals surface area contributed by atoms with Crippen LogP contribution in [0.3, 0.4) is 0 Å². The first-order valence-corrected chi connectivity index (χ1v) is 6.54. The van der Waals surface area contributed by atoms with Crippen molar-refractivity contribution in [2.24, 2.45) is 5.73 Å². The number of carbonyl (C=O) groups is 2. The molecule has 2 aromatic rings. The van der Waals surface area contributed by atoms with Crippen molar-refractivity contribution >= 4 is 28.8 Å². The van der Waals surface area contributed by atoms with Crippen molar-refractivity contribution in [3.8, 4) is 0 Å². The minimum Gasteiger partial charge on any atom is -0.366 e. The normalized spacial score (nSPS) is 10.2. The number of hydrogen-bond donors (Lipinski definition) is 2. The second-order valence-corrected chi connectivity index (χ2v) is 4.96. The Bertz CT molecular complexity index is 622. The summed E-state index contributed by atoms with van der Waals surface area (Å²) in [6.07, 6.45) is 0.186. The van der Waals surface area contributed by atoms with Gasteiger partial charge < -0.3 is 11.1 Å². The van der Waals surface area contributed by atoms with E-state index in [1.165, 1.54) is 11.3 Å². The van der Waals surface area contributed by atoms with Crippen LogP contribution < -0.4 is 11.1 Å². The number of nitrogens with two attached hydrogens (primary N) is 1. The van der Waals surface area contributed by atoms with E-state index in [-0.39, 0.29) is 12.3 Å². The predicted molar refractivity (Wildman–Crippen MR) is 74.1 cm³/mol. The fourth-order valence-corrected chi connectivity index (χ4v) is 2.39. The van der Waals surface area contributed by atoms with E-state index < -0.39 is 5.91 Å². The summed E-state index contributed by atoms with van der Waals surface area (Å²) >= 11 is 1.44. The zero-order chi connectivity index (χ0) is 13.8. The number of primary amides is 1. The summed E-state index contributed by atoms with van der Waals surface area (Å²) in [4.78, 5) is 27.3. The lowest BCUT2D eigenvalue weighted by Gasteiger charge is -2.07. The minimum atomic E-state index is -0.569. The van der Waals surface area contributed by atoms with Crippen LogP contribution in [0.15, 0.2) is 29.6 Å². The molecule has 3 N–H and O–H groups in total. The smallest absolute Gasteiger partial charge is 0.250 e. The Balaban J connectivity index is 2.09. The number of thiazole rings is 1. The van der Waals surface area contributed by atoms with E-state index in [1.807, 2.05) is 12.3 Å². The molecular formula is C13H13N3O2S. The third-order valence-corrected chi connectivity index (χ3v) is 3.41. The first kappa shape index (κ1) is 13.2. The van der Waals surface area contributed by atoms with Gasteiger partial charge in [0.2, 0.25) is 5.91 Å². The Morgan fingerprint density at radius 1 is 1.37 bits per heavy atom. The summed E-state index contributed by atoms with van der Waals surface area (Å²) in [5.41, 5.74) is 6.86. The maximum atomic E-state index is 11.9. The SMILES string of the molecule is Cc1csc(CC(=O)Nc2ccccc2C(N)=O)n1. The maximum absolute atomic E-state index is 11.9. The molecule has 1 aromatic heterocycles. The Hall–Kier alpha value is -2.21. The number of rotatable bonds is 4. The molecule has 0 unspecified atom stereocenters. The quantitative estimate of drug-likeness (QED) is 0.891. The van der Waals surface area contributed by atoms with E-state index >= 15 is 0 Å². The zero-order valence-corrected chi connectivity index (χ0v) is 11.2. The second-order valence-electron chi connectivity index (χ2n) is 4.02. The molecule has 0 atom stereocenters. The average Bonchev–Trinajstić information content (AvgIpc) is 2.75. The van der Waals surface area contributed by atoms with Crippen molar-refractivity contribution in [2.75, 3.05) is 5.32 Å². The first-order valence-electron chi connectivity index (χ1n) is 5.66. The monoisotopic (exact) mass is 275 g/mol. The third kappa shape index (κ3) is 3.38. The number of nitrogens with zero attached hydrogens (tertiary/aromatic N) is 1. The van der Waals surface area contributed by atoms with Crippen LogP contribution in [0, 0.1) is 6.92 Å². The highest BCUT2D eigenvalue weighted by atomic mass is 32.1. The lowest BCUT2D eigenvalue weighted by atomic mass is 10.1. The third-order valence-electron chi connectivity index (χ3n) is 2.44. The van der Waals surface area contributed by atoms with Crippen LogP contribution in [0.5, 0.6) is 0 Å². The molecular weight excluding hydrogens is 262 g/mol. The highest BCUT2D eigenvalue weighted by Gasteiger charge is 2.11. The Morgan fingerprint density at radius 2 is 2.11 bits per heavy atom. The zero-order valence-electron chi connectivity index (χ0n) is 10.3. The molecule has 1 aromatic carbocycles. The molecule has 0 aliphatic rings. The molecule has 0 fully saturated rings. The number of hydrogen-bond acceptors (Lipinski definition) is 4. The van der Waals surface area contributed by atoms with Gasteiger partial charge in [-0.15, -0.1) is 11.3 Å². The molecule has 0 aliphatic carbocycles. The van der Waals surface area contributed by atoms with Gasteiger partial charge in [0, 0.05) is 11.1 Å². The van der Waals surface area contributed by atoms with E-state index in [0.717, 1.165) is 10.7 Å². The van der Waals surface area contributed by atoms with Crippen molar-refractivity contribution < 1.29 is 9.59 Å². The molecule has 19 heavy (non-hydrogen) atoms. The van der Waals surface area contributed by atoms with Crippen LogP contribution in [-0.4, -0.2) is 16.8 Å². The van der Waals surface area contributed by atoms with Gasteiger partial charge in [0.15, 0.2) is 0 Å². The van der Waals surface area contributed by atoms with Crippen molar-refractivity contribution in [2.45, 2.75) is 13.3 Å². The van der Waals surface area contributed by atoms with Gasteiger partial charge in [-0.1, -0.05) is 12.1 Å². The van der Waals surface area contributed by atoms with Crippen LogP contribution in [0.1, 0.15) is 21.1 Å². The lowest BCUT2D eigenvalue weighted by Crippen LogP contribution is -2.19. The van der Waals surface area contributed by atoms with Gasteiger partial charge >= 0.3 is 0 Å². The molecule has 0 radical (unpaired) electrons. The molecule has 5 nitrogen and oxygen atoms in total. The number of para-hydroxylation sites is 1. The van der Waals surface area contributed by atoms with Gasteiger partial charge in [-0.2, -0.15) is 0 Å². The first-order chi connectivity index (χ1) is 9.06. The molecule has 6 heteroatoms. The van der Waals surface area contributed by atoms with Gasteiger partial charge in [-0.25, -0.2) is 4.98 Å². The Labute approximate surface area is 114 Å². The number of carbonyl (C=O) groups excluding carboxylic acids is 2. The summed E-state index contributed by atoms with van der Waals surface area (Å²) in [7, 11) is 0. The minimum absolute atomic E-state index is 0.186. The molecule has 0 saturated carbocycles. The number of nitrogens with one attached hydrogen (secondary N) is 1. The maximum Gasteiger partial charge on any atom is 0.250 e. The van der Waals surface area contributed by atoms with Gasteiger partial charge in [-0.3, -0.25) is 9.59 Å². The molecule has 98 valence electrons. The van der Waals surface area contributed by atoms with Gasteiger partial charge in [0.25, 0.3) is 5.91 Å². The predicted octanol–water partition coefficient (Wildman–Crippen LogP) is 1.73. The summed E-state index contributed by atoms with van der Waals surface area (Å²) < 4.78 is 0. The number of aryl methyl sites for hydroxylation is 1. The standard InChI is InChI=1S/C13H13N3O2S/c1-8-7-19-12(15-8)6-11(17)16-10-5-3-2-4-9(10)13(14)18/h2-5,7H,6H2,1H3,(H2,14,18)(H,16,17). The molecule has 0 aliphatic heterocycles. The summed E-state index contributed by atoms with van der Waals surface area (Å²) in [6, 6.07) is 6.64. The average molecular weight is 275 g/mol. The Kier molecular flexibility index (Phi) is 3.91. The molecule has 2 rings (SSSR count). The summed E-state index contributed by atoms with van der Waals surface area (Å²) in [5.74, 6) is -0.788. The molecule has 0 saturated heterocycles. The summed E-state index contributed by atoms with van der Waals surface area (Å²) in [6.45, 7) is 1.88. The van der Waals surface area contributed by atoms with Gasteiger partial charge in [0.05, 0.1) is 17.7 Å². The van der Waals surface area contributed by atoms with E-state index in [0.29, 0.717) is 11.3 Å². The van der Waals surface area contributed by atoms with E-state index in [4.69, 9.17) is 5.73 Å². The number of amides is 2. The topological polar surface area (TPSA) is 85.1 Å². The van der Waals surface area contributed by atoms with Crippen LogP contribution in [0.2, 0.25) is 0 Å². The van der Waals surface area contributed by atoms with Crippen LogP contribution in [0.4, 0.5) is 5.69 Å². The fourth-order valence-electron chi connectivity index (χ4n) is 1.62. The van der Waals surface area contributed by atoms with E-state index in [2.05, 4.69) is 10.3 Å². The number of anilines is 1. The molecule has 1 heterocycles. The van der Waals surface area contributed by atoms with Gasteiger partial charge in [0.1, 0.15) is 5.01 Å². The largest absolute Gasteiger partial charge is 0.366 e. The highest BCUT2D eigenvalue weighted by molar-refractivity contribution is 7.09. The molecule has 0 spiro atoms. The van der Waals surface area contributed by atoms with E-state index in [1.54, 1.807) is 24.3 Å². The second kappa shape index (κ2) is 5.62. The molecule has 2 amide bonds. The van der Waals surface area contributed by atoms with E-state index in [9.17, 15) is 9.59 Å². The molecule has 0 bridgehead atoms. The van der Waals surface area contributed by atoms with Gasteiger partial charge in [-0.05, 0) is 19.1 Å². The van der Waals surface area contributed by atoms with Crippen LogP contribution >= 0.6 is 11.3 Å². The van der Waals surface area contributed by atoms with Crippen molar-refractivity contribution in [1.82, 2.24) is 4.98 Å². The highest BCUT2D eigenvalue weighted by Crippen LogP contribution is 2.15. The Morgan fingerprint density at radius 3 is 2.74 bits per heavy atom.